The summed E-state index contributed by atoms with van der Waals surface area (Å²) in [5.41, 5.74) is 0.683. The highest BCUT2D eigenvalue weighted by Gasteiger charge is 2.43. The third-order valence-electron chi connectivity index (χ3n) is 2.50. The molecule has 0 aromatic rings. The van der Waals surface area contributed by atoms with Gasteiger partial charge in [0.15, 0.2) is 11.9 Å². The Kier molecular flexibility index (Phi) is 2.32. The molecule has 1 aliphatic carbocycles. The lowest BCUT2D eigenvalue weighted by molar-refractivity contribution is -0.213. The highest BCUT2D eigenvalue weighted by atomic mass is 19.4. The zero-order valence-corrected chi connectivity index (χ0v) is 7.80. The second-order valence-corrected chi connectivity index (χ2v) is 3.63. The summed E-state index contributed by atoms with van der Waals surface area (Å²) in [6, 6.07) is 0. The van der Waals surface area contributed by atoms with Gasteiger partial charge in [-0.3, -0.25) is 4.79 Å². The maximum Gasteiger partial charge on any atom is 0.425 e. The Labute approximate surface area is 84.4 Å². The number of rotatable bonds is 0. The second-order valence-electron chi connectivity index (χ2n) is 3.63. The van der Waals surface area contributed by atoms with E-state index in [4.69, 9.17) is 4.74 Å². The number of carbonyl (C=O) groups excluding carboxylic acids is 1. The fourth-order valence-corrected chi connectivity index (χ4v) is 1.73. The summed E-state index contributed by atoms with van der Waals surface area (Å²) in [5, 5.41) is 0. The first kappa shape index (κ1) is 10.3. The van der Waals surface area contributed by atoms with Crippen LogP contribution in [0.4, 0.5) is 13.2 Å². The van der Waals surface area contributed by atoms with Gasteiger partial charge in [-0.05, 0) is 30.6 Å². The molecule has 0 amide bonds. The average molecular weight is 218 g/mol. The molecule has 82 valence electrons. The van der Waals surface area contributed by atoms with E-state index in [1.165, 1.54) is 12.2 Å². The molecule has 0 radical (unpaired) electrons. The number of allylic oxidation sites excluding steroid dienone is 3. The van der Waals surface area contributed by atoms with Crippen LogP contribution in [0.5, 0.6) is 0 Å². The van der Waals surface area contributed by atoms with Crippen LogP contribution in [-0.4, -0.2) is 18.1 Å². The van der Waals surface area contributed by atoms with Crippen molar-refractivity contribution in [3.8, 4) is 0 Å². The Morgan fingerprint density at radius 2 is 2.07 bits per heavy atom. The molecule has 1 atom stereocenters. The fraction of sp³-hybridized carbons (Fsp3) is 0.500. The lowest BCUT2D eigenvalue weighted by Gasteiger charge is -2.29. The number of alkyl halides is 3. The van der Waals surface area contributed by atoms with Crippen LogP contribution in [0.3, 0.4) is 0 Å². The van der Waals surface area contributed by atoms with Crippen LogP contribution in [0.1, 0.15) is 19.3 Å². The first-order chi connectivity index (χ1) is 6.97. The van der Waals surface area contributed by atoms with E-state index in [1.807, 2.05) is 0 Å². The van der Waals surface area contributed by atoms with Crippen molar-refractivity contribution >= 4 is 5.78 Å². The van der Waals surface area contributed by atoms with E-state index < -0.39 is 12.3 Å². The molecule has 2 nitrogen and oxygen atoms in total. The minimum Gasteiger partial charge on any atom is -0.481 e. The molecule has 0 saturated heterocycles. The number of hydrogen-bond acceptors (Lipinski definition) is 2. The van der Waals surface area contributed by atoms with Crippen LogP contribution < -0.4 is 0 Å². The predicted molar refractivity (Wildman–Crippen MR) is 46.0 cm³/mol. The fourth-order valence-electron chi connectivity index (χ4n) is 1.73. The predicted octanol–water partition coefficient (Wildman–Crippen LogP) is 2.51. The Morgan fingerprint density at radius 3 is 2.73 bits per heavy atom. The van der Waals surface area contributed by atoms with Gasteiger partial charge in [0.05, 0.1) is 0 Å². The van der Waals surface area contributed by atoms with Crippen molar-refractivity contribution in [3.63, 3.8) is 0 Å². The summed E-state index contributed by atoms with van der Waals surface area (Å²) < 4.78 is 41.8. The van der Waals surface area contributed by atoms with E-state index in [9.17, 15) is 18.0 Å². The Morgan fingerprint density at radius 1 is 1.33 bits per heavy atom. The Bertz CT molecular complexity index is 352. The lowest BCUT2D eigenvalue weighted by atomic mass is 9.94. The van der Waals surface area contributed by atoms with Gasteiger partial charge in [0, 0.05) is 6.42 Å². The molecule has 0 aromatic carbocycles. The molecule has 0 saturated carbocycles. The normalized spacial score (nSPS) is 26.3. The van der Waals surface area contributed by atoms with Gasteiger partial charge >= 0.3 is 6.18 Å². The molecule has 1 heterocycles. The van der Waals surface area contributed by atoms with E-state index in [-0.39, 0.29) is 30.8 Å². The van der Waals surface area contributed by atoms with E-state index in [0.717, 1.165) is 0 Å². The van der Waals surface area contributed by atoms with Crippen LogP contribution in [0.15, 0.2) is 23.5 Å². The summed E-state index contributed by atoms with van der Waals surface area (Å²) >= 11 is 0. The van der Waals surface area contributed by atoms with Gasteiger partial charge in [-0.15, -0.1) is 0 Å². The zero-order valence-electron chi connectivity index (χ0n) is 7.80. The topological polar surface area (TPSA) is 26.3 Å². The molecule has 15 heavy (non-hydrogen) atoms. The first-order valence-corrected chi connectivity index (χ1v) is 4.63. The molecule has 0 bridgehead atoms. The monoisotopic (exact) mass is 218 g/mol. The maximum atomic E-state index is 12.3. The van der Waals surface area contributed by atoms with Gasteiger partial charge in [0.2, 0.25) is 0 Å². The summed E-state index contributed by atoms with van der Waals surface area (Å²) in [6.07, 6.45) is -3.07. The lowest BCUT2D eigenvalue weighted by Crippen LogP contribution is -2.34. The van der Waals surface area contributed by atoms with Crippen molar-refractivity contribution < 1.29 is 22.7 Å². The van der Waals surface area contributed by atoms with E-state index in [2.05, 4.69) is 0 Å². The van der Waals surface area contributed by atoms with Crippen molar-refractivity contribution in [1.82, 2.24) is 0 Å². The van der Waals surface area contributed by atoms with Crippen LogP contribution >= 0.6 is 0 Å². The first-order valence-electron chi connectivity index (χ1n) is 4.63. The minimum absolute atomic E-state index is 0.0807. The van der Waals surface area contributed by atoms with Crippen molar-refractivity contribution in [2.45, 2.75) is 31.5 Å². The highest BCUT2D eigenvalue weighted by molar-refractivity contribution is 5.93. The van der Waals surface area contributed by atoms with Crippen molar-refractivity contribution in [2.24, 2.45) is 0 Å². The van der Waals surface area contributed by atoms with E-state index >= 15 is 0 Å². The van der Waals surface area contributed by atoms with Crippen LogP contribution in [-0.2, 0) is 9.53 Å². The Balaban J connectivity index is 2.16. The van der Waals surface area contributed by atoms with Gasteiger partial charge in [-0.2, -0.15) is 13.2 Å². The molecule has 1 unspecified atom stereocenters. The van der Waals surface area contributed by atoms with Crippen molar-refractivity contribution in [3.05, 3.63) is 23.5 Å². The smallest absolute Gasteiger partial charge is 0.425 e. The quantitative estimate of drug-likeness (QED) is 0.624. The van der Waals surface area contributed by atoms with Crippen LogP contribution in [0.25, 0.3) is 0 Å². The minimum atomic E-state index is -4.33. The standard InChI is InChI=1S/C10H9F3O2/c11-10(12,13)9-4-1-6-5-7(14)2-3-8(6)15-9/h2-3,9H,1,4-5H2. The molecule has 5 heteroatoms. The summed E-state index contributed by atoms with van der Waals surface area (Å²) in [5.74, 6) is 0.144. The molecule has 1 aliphatic heterocycles. The van der Waals surface area contributed by atoms with Gasteiger partial charge in [-0.25, -0.2) is 0 Å². The molecular formula is C10H9F3O2. The van der Waals surface area contributed by atoms with Gasteiger partial charge in [-0.1, -0.05) is 0 Å². The molecular weight excluding hydrogens is 209 g/mol. The van der Waals surface area contributed by atoms with E-state index in [1.54, 1.807) is 0 Å². The maximum absolute atomic E-state index is 12.3. The van der Waals surface area contributed by atoms with Gasteiger partial charge in [0.25, 0.3) is 0 Å². The number of ether oxygens (including phenoxy) is 1. The average Bonchev–Trinajstić information content (AvgIpc) is 2.15. The molecule has 0 spiro atoms. The molecule has 0 N–H and O–H groups in total. The highest BCUT2D eigenvalue weighted by Crippen LogP contribution is 2.36. The van der Waals surface area contributed by atoms with Crippen molar-refractivity contribution in [1.29, 1.82) is 0 Å². The third-order valence-corrected chi connectivity index (χ3v) is 2.50. The molecule has 2 rings (SSSR count). The van der Waals surface area contributed by atoms with Crippen molar-refractivity contribution in [2.75, 3.05) is 0 Å². The number of carbonyl (C=O) groups is 1. The molecule has 0 fully saturated rings. The number of halogens is 3. The Hall–Kier alpha value is -1.26. The second kappa shape index (κ2) is 3.40. The SMILES string of the molecule is O=C1C=CC2=C(CCC(C(F)(F)F)O2)C1. The van der Waals surface area contributed by atoms with Crippen LogP contribution in [0.2, 0.25) is 0 Å². The molecule has 0 aromatic heterocycles. The summed E-state index contributed by atoms with van der Waals surface area (Å²) in [7, 11) is 0. The summed E-state index contributed by atoms with van der Waals surface area (Å²) in [4.78, 5) is 11.0. The number of ketones is 1. The van der Waals surface area contributed by atoms with E-state index in [0.29, 0.717) is 5.57 Å². The van der Waals surface area contributed by atoms with Gasteiger partial charge in [0.1, 0.15) is 5.76 Å². The largest absolute Gasteiger partial charge is 0.481 e. The zero-order chi connectivity index (χ0) is 11.1. The third kappa shape index (κ3) is 2.06. The summed E-state index contributed by atoms with van der Waals surface area (Å²) in [6.45, 7) is 0. The number of hydrogen-bond donors (Lipinski definition) is 0. The molecule has 2 aliphatic rings. The van der Waals surface area contributed by atoms with Crippen LogP contribution in [0, 0.1) is 0 Å². The van der Waals surface area contributed by atoms with Gasteiger partial charge < -0.3 is 4.74 Å².